The zero-order valence-corrected chi connectivity index (χ0v) is 18.4. The molecule has 31 heavy (non-hydrogen) atoms. The van der Waals surface area contributed by atoms with E-state index in [0.29, 0.717) is 16.9 Å². The molecule has 0 unspecified atom stereocenters. The van der Waals surface area contributed by atoms with Crippen LogP contribution >= 0.6 is 11.6 Å². The van der Waals surface area contributed by atoms with Gasteiger partial charge in [-0.25, -0.2) is 9.37 Å². The van der Waals surface area contributed by atoms with Crippen molar-refractivity contribution in [2.24, 2.45) is 5.73 Å². The monoisotopic (exact) mass is 449 g/mol. The molecule has 0 aliphatic carbocycles. The zero-order chi connectivity index (χ0) is 22.7. The van der Waals surface area contributed by atoms with Crippen molar-refractivity contribution in [1.29, 1.82) is 0 Å². The molecule has 0 bridgehead atoms. The SMILES string of the molecule is Cc1cc(-c2nc(-c3cc(F)c(OC[C@H](N)[C@@H](C)O)c(Cl)c3)no2)cc(NC(C)C)n1. The van der Waals surface area contributed by atoms with Gasteiger partial charge in [0.1, 0.15) is 12.4 Å². The number of anilines is 1. The first-order valence-electron chi connectivity index (χ1n) is 9.79. The number of nitrogens with one attached hydrogen (secondary N) is 1. The molecule has 3 rings (SSSR count). The van der Waals surface area contributed by atoms with Gasteiger partial charge in [0.15, 0.2) is 11.6 Å². The predicted octanol–water partition coefficient (Wildman–Crippen LogP) is 3.81. The van der Waals surface area contributed by atoms with Gasteiger partial charge in [-0.3, -0.25) is 0 Å². The van der Waals surface area contributed by atoms with E-state index >= 15 is 0 Å². The highest BCUT2D eigenvalue weighted by Gasteiger charge is 2.19. The van der Waals surface area contributed by atoms with Crippen molar-refractivity contribution < 1.29 is 18.8 Å². The standard InChI is InChI=1S/C21H25ClFN5O3/c1-10(2)25-18-8-14(5-11(3)26-18)21-27-20(28-31-21)13-6-15(22)19(16(23)7-13)30-9-17(24)12(4)29/h5-8,10,12,17,29H,9,24H2,1-4H3,(H,25,26)/t12-,17+/m1/s1. The maximum Gasteiger partial charge on any atom is 0.258 e. The number of aliphatic hydroxyl groups is 1. The quantitative estimate of drug-likeness (QED) is 0.475. The Balaban J connectivity index is 1.85. The normalized spacial score (nSPS) is 13.3. The number of rotatable bonds is 8. The second kappa shape index (κ2) is 9.59. The number of hydrogen-bond donors (Lipinski definition) is 3. The summed E-state index contributed by atoms with van der Waals surface area (Å²) in [5.74, 6) is 0.285. The number of nitrogens with zero attached hydrogens (tertiary/aromatic N) is 3. The van der Waals surface area contributed by atoms with Gasteiger partial charge in [0.25, 0.3) is 5.89 Å². The molecule has 2 heterocycles. The molecule has 4 N–H and O–H groups in total. The first-order valence-corrected chi connectivity index (χ1v) is 10.2. The van der Waals surface area contributed by atoms with Crippen molar-refractivity contribution in [3.8, 4) is 28.6 Å². The summed E-state index contributed by atoms with van der Waals surface area (Å²) in [6.07, 6.45) is -0.799. The van der Waals surface area contributed by atoms with Crippen molar-refractivity contribution in [2.75, 3.05) is 11.9 Å². The van der Waals surface area contributed by atoms with E-state index in [9.17, 15) is 9.50 Å². The molecule has 3 aromatic rings. The summed E-state index contributed by atoms with van der Waals surface area (Å²) in [5, 5.41) is 16.6. The Hall–Kier alpha value is -2.75. The second-order valence-corrected chi connectivity index (χ2v) is 8.00. The van der Waals surface area contributed by atoms with Crippen LogP contribution in [0, 0.1) is 12.7 Å². The number of hydrogen-bond acceptors (Lipinski definition) is 8. The van der Waals surface area contributed by atoms with Gasteiger partial charge in [0.05, 0.1) is 17.2 Å². The van der Waals surface area contributed by atoms with E-state index in [-0.39, 0.29) is 35.1 Å². The third-order valence-corrected chi connectivity index (χ3v) is 4.64. The second-order valence-electron chi connectivity index (χ2n) is 7.59. The Bertz CT molecular complexity index is 1030. The first-order chi connectivity index (χ1) is 14.6. The van der Waals surface area contributed by atoms with Crippen molar-refractivity contribution in [2.45, 2.75) is 45.9 Å². The van der Waals surface area contributed by atoms with Gasteiger partial charge in [-0.05, 0) is 52.0 Å². The van der Waals surface area contributed by atoms with Crippen molar-refractivity contribution in [3.05, 3.63) is 40.8 Å². The smallest absolute Gasteiger partial charge is 0.258 e. The molecule has 1 aromatic carbocycles. The molecule has 8 nitrogen and oxygen atoms in total. The molecule has 0 fully saturated rings. The predicted molar refractivity (Wildman–Crippen MR) is 117 cm³/mol. The fourth-order valence-corrected chi connectivity index (χ4v) is 3.03. The van der Waals surface area contributed by atoms with E-state index in [1.165, 1.54) is 19.1 Å². The third-order valence-electron chi connectivity index (χ3n) is 4.36. The molecule has 0 spiro atoms. The van der Waals surface area contributed by atoms with Crippen LogP contribution in [-0.2, 0) is 0 Å². The highest BCUT2D eigenvalue weighted by atomic mass is 35.5. The van der Waals surface area contributed by atoms with Crippen LogP contribution < -0.4 is 15.8 Å². The Morgan fingerprint density at radius 1 is 1.19 bits per heavy atom. The van der Waals surface area contributed by atoms with Crippen LogP contribution in [0.25, 0.3) is 22.8 Å². The Morgan fingerprint density at radius 3 is 2.58 bits per heavy atom. The van der Waals surface area contributed by atoms with Gasteiger partial charge in [-0.15, -0.1) is 0 Å². The lowest BCUT2D eigenvalue weighted by atomic mass is 10.2. The lowest BCUT2D eigenvalue weighted by Crippen LogP contribution is -2.38. The highest BCUT2D eigenvalue weighted by Crippen LogP contribution is 2.33. The van der Waals surface area contributed by atoms with Crippen molar-refractivity contribution >= 4 is 17.4 Å². The number of ether oxygens (including phenoxy) is 1. The van der Waals surface area contributed by atoms with E-state index in [1.807, 2.05) is 26.8 Å². The highest BCUT2D eigenvalue weighted by molar-refractivity contribution is 6.32. The minimum atomic E-state index is -0.799. The fourth-order valence-electron chi connectivity index (χ4n) is 2.77. The zero-order valence-electron chi connectivity index (χ0n) is 17.7. The molecule has 0 aliphatic heterocycles. The van der Waals surface area contributed by atoms with Crippen LogP contribution in [0.4, 0.5) is 10.2 Å². The average molecular weight is 450 g/mol. The maximum atomic E-state index is 14.6. The van der Waals surface area contributed by atoms with Crippen LogP contribution in [0.3, 0.4) is 0 Å². The lowest BCUT2D eigenvalue weighted by Gasteiger charge is -2.16. The molecule has 0 radical (unpaired) electrons. The summed E-state index contributed by atoms with van der Waals surface area (Å²) in [7, 11) is 0. The molecule has 2 aromatic heterocycles. The number of halogens is 2. The van der Waals surface area contributed by atoms with Crippen LogP contribution in [0.2, 0.25) is 5.02 Å². The van der Waals surface area contributed by atoms with Gasteiger partial charge < -0.3 is 25.4 Å². The number of aryl methyl sites for hydroxylation is 1. The number of benzene rings is 1. The summed E-state index contributed by atoms with van der Waals surface area (Å²) in [6, 6.07) is 5.84. The Kier molecular flexibility index (Phi) is 7.09. The minimum Gasteiger partial charge on any atom is -0.487 e. The number of aliphatic hydroxyl groups excluding tert-OH is 1. The largest absolute Gasteiger partial charge is 0.487 e. The van der Waals surface area contributed by atoms with Crippen LogP contribution in [0.15, 0.2) is 28.8 Å². The molecule has 10 heteroatoms. The number of nitrogens with two attached hydrogens (primary N) is 1. The molecule has 166 valence electrons. The first kappa shape index (κ1) is 22.9. The van der Waals surface area contributed by atoms with Gasteiger partial charge in [-0.1, -0.05) is 16.8 Å². The van der Waals surface area contributed by atoms with E-state index in [4.69, 9.17) is 26.6 Å². The van der Waals surface area contributed by atoms with Crippen molar-refractivity contribution in [3.63, 3.8) is 0 Å². The van der Waals surface area contributed by atoms with Gasteiger partial charge in [0.2, 0.25) is 5.82 Å². The van der Waals surface area contributed by atoms with Gasteiger partial charge >= 0.3 is 0 Å². The number of pyridine rings is 1. The van der Waals surface area contributed by atoms with Gasteiger partial charge in [0, 0.05) is 22.9 Å². The Morgan fingerprint density at radius 2 is 1.94 bits per heavy atom. The van der Waals surface area contributed by atoms with E-state index in [2.05, 4.69) is 20.4 Å². The topological polar surface area (TPSA) is 119 Å². The van der Waals surface area contributed by atoms with E-state index < -0.39 is 18.0 Å². The van der Waals surface area contributed by atoms with Gasteiger partial charge in [-0.2, -0.15) is 4.98 Å². The molecule has 2 atom stereocenters. The summed E-state index contributed by atoms with van der Waals surface area (Å²) in [6.45, 7) is 7.32. The molecule has 0 saturated carbocycles. The number of aromatic nitrogens is 3. The fraction of sp³-hybridized carbons (Fsp3) is 0.381. The van der Waals surface area contributed by atoms with Crippen LogP contribution in [-0.4, -0.2) is 45.0 Å². The molecule has 0 amide bonds. The Labute approximate surface area is 184 Å². The van der Waals surface area contributed by atoms with E-state index in [1.54, 1.807) is 6.07 Å². The maximum absolute atomic E-state index is 14.6. The van der Waals surface area contributed by atoms with Crippen LogP contribution in [0.1, 0.15) is 26.5 Å². The minimum absolute atomic E-state index is 0.0299. The molecular weight excluding hydrogens is 425 g/mol. The molecule has 0 saturated heterocycles. The molecule has 0 aliphatic rings. The van der Waals surface area contributed by atoms with Crippen LogP contribution in [0.5, 0.6) is 5.75 Å². The third kappa shape index (κ3) is 5.69. The average Bonchev–Trinajstić information content (AvgIpc) is 3.16. The summed E-state index contributed by atoms with van der Waals surface area (Å²) >= 11 is 6.19. The molecular formula is C21H25ClFN5O3. The van der Waals surface area contributed by atoms with Crippen molar-refractivity contribution in [1.82, 2.24) is 15.1 Å². The lowest BCUT2D eigenvalue weighted by molar-refractivity contribution is 0.129. The summed E-state index contributed by atoms with van der Waals surface area (Å²) in [4.78, 5) is 8.80. The summed E-state index contributed by atoms with van der Waals surface area (Å²) < 4.78 is 25.3. The van der Waals surface area contributed by atoms with E-state index in [0.717, 1.165) is 5.69 Å². The summed E-state index contributed by atoms with van der Waals surface area (Å²) in [5.41, 5.74) is 7.51.